The third-order valence-corrected chi connectivity index (χ3v) is 3.83. The molecule has 0 aromatic heterocycles. The number of hydrogen-bond donors (Lipinski definition) is 2. The Balaban J connectivity index is 4.21. The number of carbonyl (C=O) groups is 2. The molecule has 0 saturated carbocycles. The van der Waals surface area contributed by atoms with E-state index in [0.717, 1.165) is 19.3 Å². The molecule has 0 saturated heterocycles. The van der Waals surface area contributed by atoms with E-state index in [1.807, 2.05) is 0 Å². The van der Waals surface area contributed by atoms with Gasteiger partial charge in [0.1, 0.15) is 12.0 Å². The van der Waals surface area contributed by atoms with Crippen LogP contribution in [0.25, 0.3) is 0 Å². The highest BCUT2D eigenvalue weighted by Crippen LogP contribution is 2.17. The van der Waals surface area contributed by atoms with E-state index in [-0.39, 0.29) is 6.10 Å². The van der Waals surface area contributed by atoms with Crippen molar-refractivity contribution in [3.8, 4) is 0 Å². The Hall–Kier alpha value is -0.940. The third-order valence-electron chi connectivity index (χ3n) is 3.83. The van der Waals surface area contributed by atoms with E-state index in [9.17, 15) is 14.7 Å². The summed E-state index contributed by atoms with van der Waals surface area (Å²) in [7, 11) is 0. The zero-order valence-electron chi connectivity index (χ0n) is 14.9. The second kappa shape index (κ2) is 13.5. The number of hydrogen-bond acceptors (Lipinski definition) is 5. The lowest BCUT2D eigenvalue weighted by Gasteiger charge is -2.18. The van der Waals surface area contributed by atoms with Crippen molar-refractivity contribution in [3.63, 3.8) is 0 Å². The normalized spacial score (nSPS) is 13.8. The summed E-state index contributed by atoms with van der Waals surface area (Å²) in [5.74, 6) is -2.21. The largest absolute Gasteiger partial charge is 0.462 e. The summed E-state index contributed by atoms with van der Waals surface area (Å²) < 4.78 is 5.10. The molecule has 23 heavy (non-hydrogen) atoms. The Morgan fingerprint density at radius 2 is 1.48 bits per heavy atom. The Morgan fingerprint density at radius 3 is 1.96 bits per heavy atom. The van der Waals surface area contributed by atoms with Crippen LogP contribution < -0.4 is 0 Å². The minimum Gasteiger partial charge on any atom is -0.462 e. The van der Waals surface area contributed by atoms with Crippen LogP contribution in [0.1, 0.15) is 78.6 Å². The first-order chi connectivity index (χ1) is 10.9. The molecule has 0 spiro atoms. The molecule has 2 unspecified atom stereocenters. The van der Waals surface area contributed by atoms with Gasteiger partial charge in [0.25, 0.3) is 0 Å². The van der Waals surface area contributed by atoms with Gasteiger partial charge >= 0.3 is 5.97 Å². The van der Waals surface area contributed by atoms with Crippen LogP contribution >= 0.6 is 0 Å². The Bertz CT molecular complexity index is 327. The molecule has 0 aromatic carbocycles. The number of Topliss-reactive ketones (excluding diaryl/α,β-unsaturated/α-hetero) is 1. The highest BCUT2D eigenvalue weighted by atomic mass is 16.5. The van der Waals surface area contributed by atoms with Gasteiger partial charge in [0.15, 0.2) is 5.78 Å². The van der Waals surface area contributed by atoms with Crippen molar-refractivity contribution in [2.45, 2.75) is 90.8 Å². The fraction of sp³-hybridized carbons (Fsp3) is 0.889. The van der Waals surface area contributed by atoms with E-state index < -0.39 is 30.4 Å². The van der Waals surface area contributed by atoms with Gasteiger partial charge in [0.2, 0.25) is 0 Å². The molecule has 0 aliphatic carbocycles. The van der Waals surface area contributed by atoms with Gasteiger partial charge in [-0.2, -0.15) is 0 Å². The van der Waals surface area contributed by atoms with Crippen LogP contribution in [0.2, 0.25) is 0 Å². The standard InChI is InChI=1S/C18H34O5/c1-4-5-6-7-8-9-10-11-12-15(17(21)16(20)13-19)18(22)23-14(2)3/h14-16,19-20H,4-13H2,1-3H3. The van der Waals surface area contributed by atoms with Crippen LogP contribution in [0, 0.1) is 5.92 Å². The second-order valence-corrected chi connectivity index (χ2v) is 6.40. The molecule has 2 atom stereocenters. The molecule has 5 heteroatoms. The summed E-state index contributed by atoms with van der Waals surface area (Å²) in [4.78, 5) is 24.0. The molecule has 0 aromatic rings. The molecule has 0 aliphatic rings. The highest BCUT2D eigenvalue weighted by molar-refractivity contribution is 6.01. The summed E-state index contributed by atoms with van der Waals surface area (Å²) in [5, 5.41) is 18.4. The smallest absolute Gasteiger partial charge is 0.316 e. The first-order valence-corrected chi connectivity index (χ1v) is 8.97. The number of unbranched alkanes of at least 4 members (excludes halogenated alkanes) is 7. The highest BCUT2D eigenvalue weighted by Gasteiger charge is 2.32. The molecule has 2 N–H and O–H groups in total. The average Bonchev–Trinajstić information content (AvgIpc) is 2.51. The lowest BCUT2D eigenvalue weighted by Crippen LogP contribution is -2.37. The number of aliphatic hydroxyl groups excluding tert-OH is 2. The van der Waals surface area contributed by atoms with Crippen molar-refractivity contribution in [2.75, 3.05) is 6.61 Å². The van der Waals surface area contributed by atoms with Crippen LogP contribution in [-0.2, 0) is 14.3 Å². The molecular formula is C18H34O5. The van der Waals surface area contributed by atoms with Crippen LogP contribution in [-0.4, -0.2) is 40.8 Å². The second-order valence-electron chi connectivity index (χ2n) is 6.40. The lowest BCUT2D eigenvalue weighted by molar-refractivity contribution is -0.158. The summed E-state index contributed by atoms with van der Waals surface area (Å²) in [5.41, 5.74) is 0. The van der Waals surface area contributed by atoms with Gasteiger partial charge in [-0.15, -0.1) is 0 Å². The fourth-order valence-electron chi connectivity index (χ4n) is 2.50. The van der Waals surface area contributed by atoms with E-state index in [1.165, 1.54) is 32.1 Å². The van der Waals surface area contributed by atoms with Gasteiger partial charge in [-0.05, 0) is 20.3 Å². The third kappa shape index (κ3) is 10.4. The van der Waals surface area contributed by atoms with E-state index in [0.29, 0.717) is 6.42 Å². The van der Waals surface area contributed by atoms with Crippen molar-refractivity contribution in [2.24, 2.45) is 5.92 Å². The quantitative estimate of drug-likeness (QED) is 0.290. The first-order valence-electron chi connectivity index (χ1n) is 8.97. The SMILES string of the molecule is CCCCCCCCCCC(C(=O)OC(C)C)C(=O)C(O)CO. The number of ketones is 1. The number of esters is 1. The zero-order valence-corrected chi connectivity index (χ0v) is 14.9. The van der Waals surface area contributed by atoms with Gasteiger partial charge in [-0.3, -0.25) is 9.59 Å². The average molecular weight is 330 g/mol. The van der Waals surface area contributed by atoms with E-state index >= 15 is 0 Å². The predicted octanol–water partition coefficient (Wildman–Crippen LogP) is 3.01. The number of rotatable bonds is 14. The summed E-state index contributed by atoms with van der Waals surface area (Å²) >= 11 is 0. The minimum atomic E-state index is -1.51. The zero-order chi connectivity index (χ0) is 17.7. The van der Waals surface area contributed by atoms with E-state index in [1.54, 1.807) is 13.8 Å². The molecule has 0 radical (unpaired) electrons. The van der Waals surface area contributed by atoms with E-state index in [4.69, 9.17) is 9.84 Å². The van der Waals surface area contributed by atoms with Crippen LogP contribution in [0.5, 0.6) is 0 Å². The number of aliphatic hydroxyl groups is 2. The number of ether oxygens (including phenoxy) is 1. The molecule has 0 heterocycles. The van der Waals surface area contributed by atoms with Crippen molar-refractivity contribution in [1.82, 2.24) is 0 Å². The monoisotopic (exact) mass is 330 g/mol. The fourth-order valence-corrected chi connectivity index (χ4v) is 2.50. The topological polar surface area (TPSA) is 83.8 Å². The van der Waals surface area contributed by atoms with Crippen LogP contribution in [0.3, 0.4) is 0 Å². The van der Waals surface area contributed by atoms with Crippen molar-refractivity contribution in [1.29, 1.82) is 0 Å². The van der Waals surface area contributed by atoms with E-state index in [2.05, 4.69) is 6.92 Å². The molecular weight excluding hydrogens is 296 g/mol. The first kappa shape index (κ1) is 22.1. The van der Waals surface area contributed by atoms with Crippen LogP contribution in [0.15, 0.2) is 0 Å². The Kier molecular flexibility index (Phi) is 12.9. The van der Waals surface area contributed by atoms with Gasteiger partial charge in [-0.1, -0.05) is 58.3 Å². The molecule has 5 nitrogen and oxygen atoms in total. The van der Waals surface area contributed by atoms with Crippen molar-refractivity contribution >= 4 is 11.8 Å². The summed E-state index contributed by atoms with van der Waals surface area (Å²) in [6, 6.07) is 0. The molecule has 0 fully saturated rings. The molecule has 0 aliphatic heterocycles. The molecule has 0 bridgehead atoms. The Labute approximate surface area is 140 Å². The minimum absolute atomic E-state index is 0.303. The lowest BCUT2D eigenvalue weighted by atomic mass is 9.93. The molecule has 0 rings (SSSR count). The van der Waals surface area contributed by atoms with Gasteiger partial charge in [-0.25, -0.2) is 0 Å². The van der Waals surface area contributed by atoms with Crippen molar-refractivity contribution in [3.05, 3.63) is 0 Å². The predicted molar refractivity (Wildman–Crippen MR) is 90.0 cm³/mol. The summed E-state index contributed by atoms with van der Waals surface area (Å²) in [6.07, 6.45) is 7.53. The van der Waals surface area contributed by atoms with Gasteiger partial charge in [0.05, 0.1) is 12.7 Å². The maximum Gasteiger partial charge on any atom is 0.316 e. The molecule has 0 amide bonds. The van der Waals surface area contributed by atoms with Gasteiger partial charge < -0.3 is 14.9 Å². The van der Waals surface area contributed by atoms with Crippen LogP contribution in [0.4, 0.5) is 0 Å². The number of carbonyl (C=O) groups excluding carboxylic acids is 2. The maximum atomic E-state index is 12.0. The van der Waals surface area contributed by atoms with Crippen molar-refractivity contribution < 1.29 is 24.5 Å². The molecule has 136 valence electrons. The Morgan fingerprint density at radius 1 is 0.957 bits per heavy atom. The van der Waals surface area contributed by atoms with Gasteiger partial charge in [0, 0.05) is 0 Å². The summed E-state index contributed by atoms with van der Waals surface area (Å²) in [6.45, 7) is 4.96. The maximum absolute atomic E-state index is 12.0.